The fourth-order valence-electron chi connectivity index (χ4n) is 3.04. The number of carbonyl (C=O) groups excluding carboxylic acids is 2. The van der Waals surface area contributed by atoms with Crippen LogP contribution in [0.4, 0.5) is 0 Å². The summed E-state index contributed by atoms with van der Waals surface area (Å²) in [6.07, 6.45) is 0.664. The summed E-state index contributed by atoms with van der Waals surface area (Å²) in [5.74, 6) is -1.83. The lowest BCUT2D eigenvalue weighted by Crippen LogP contribution is -2.60. The Morgan fingerprint density at radius 3 is 2.31 bits per heavy atom. The predicted octanol–water partition coefficient (Wildman–Crippen LogP) is 3.55. The number of amides is 1. The number of hydrogen-bond acceptors (Lipinski definition) is 5. The zero-order valence-corrected chi connectivity index (χ0v) is 17.3. The Hall–Kier alpha value is -2.03. The van der Waals surface area contributed by atoms with Crippen LogP contribution in [0.15, 0.2) is 68.9 Å². The van der Waals surface area contributed by atoms with Gasteiger partial charge in [0, 0.05) is 11.8 Å². The maximum Gasteiger partial charge on any atom is 0.354 e. The number of allylic oxidation sites excluding steroid dienone is 2. The van der Waals surface area contributed by atoms with Gasteiger partial charge in [-0.3, -0.25) is 4.79 Å². The van der Waals surface area contributed by atoms with Crippen LogP contribution in [0.2, 0.25) is 0 Å². The van der Waals surface area contributed by atoms with Crippen molar-refractivity contribution in [3.05, 3.63) is 74.5 Å². The highest BCUT2D eigenvalue weighted by Gasteiger charge is 2.60. The molecule has 1 aromatic heterocycles. The van der Waals surface area contributed by atoms with Crippen molar-refractivity contribution in [1.82, 2.24) is 9.89 Å². The Labute approximate surface area is 184 Å². The minimum Gasteiger partial charge on any atom is -0.450 e. The van der Waals surface area contributed by atoms with Gasteiger partial charge in [0.25, 0.3) is 11.5 Å². The quantitative estimate of drug-likeness (QED) is 0.543. The van der Waals surface area contributed by atoms with E-state index >= 15 is 0 Å². The third-order valence-electron chi connectivity index (χ3n) is 4.43. The van der Waals surface area contributed by atoms with Crippen molar-refractivity contribution in [2.75, 3.05) is 5.43 Å². The van der Waals surface area contributed by atoms with Crippen molar-refractivity contribution in [2.45, 2.75) is 17.8 Å². The number of carbonyl (C=O) groups is 2. The molecule has 2 aliphatic rings. The van der Waals surface area contributed by atoms with Crippen LogP contribution in [-0.4, -0.2) is 34.0 Å². The smallest absolute Gasteiger partial charge is 0.354 e. The van der Waals surface area contributed by atoms with Gasteiger partial charge in [-0.05, 0) is 6.07 Å². The van der Waals surface area contributed by atoms with Crippen molar-refractivity contribution >= 4 is 58.3 Å². The number of esters is 1. The monoisotopic (exact) mass is 473 g/mol. The van der Waals surface area contributed by atoms with Gasteiger partial charge in [0.1, 0.15) is 6.10 Å². The minimum absolute atomic E-state index is 0.0363. The van der Waals surface area contributed by atoms with E-state index in [9.17, 15) is 9.59 Å². The van der Waals surface area contributed by atoms with E-state index in [1.54, 1.807) is 36.4 Å². The van der Waals surface area contributed by atoms with E-state index in [-0.39, 0.29) is 25.7 Å². The second-order valence-corrected chi connectivity index (χ2v) is 7.70. The standard InChI is InChI=1S/C18H11Cl4N3O4/c19-10-11(20)13(22)15-14(12(10)21)28-17(27)18(29-15,9-5-2-1-3-6-9)16(26)24-25-8-4-7-23-25/h1-8,14-15H,(H,24,26). The molecule has 0 radical (unpaired) electrons. The molecule has 11 heteroatoms. The van der Waals surface area contributed by atoms with E-state index in [0.717, 1.165) is 4.79 Å². The first-order valence-electron chi connectivity index (χ1n) is 8.22. The molecule has 1 aliphatic heterocycles. The van der Waals surface area contributed by atoms with Crippen molar-refractivity contribution in [3.63, 3.8) is 0 Å². The number of nitrogens with one attached hydrogen (secondary N) is 1. The largest absolute Gasteiger partial charge is 0.450 e. The van der Waals surface area contributed by atoms with E-state index in [1.165, 1.54) is 12.4 Å². The maximum atomic E-state index is 13.2. The number of fused-ring (bicyclic) bond motifs is 1. The van der Waals surface area contributed by atoms with Crippen LogP contribution >= 0.6 is 46.4 Å². The van der Waals surface area contributed by atoms with Gasteiger partial charge in [-0.15, -0.1) is 0 Å². The van der Waals surface area contributed by atoms with E-state index in [2.05, 4.69) is 10.5 Å². The first-order valence-corrected chi connectivity index (χ1v) is 9.73. The molecule has 1 fully saturated rings. The third-order valence-corrected chi connectivity index (χ3v) is 6.32. The molecular formula is C18H11Cl4N3O4. The summed E-state index contributed by atoms with van der Waals surface area (Å²) < 4.78 is 11.5. The Balaban J connectivity index is 1.82. The summed E-state index contributed by atoms with van der Waals surface area (Å²) in [5.41, 5.74) is 0.520. The second-order valence-electron chi connectivity index (χ2n) is 6.13. The van der Waals surface area contributed by atoms with Crippen molar-refractivity contribution < 1.29 is 19.1 Å². The zero-order valence-electron chi connectivity index (χ0n) is 14.3. The number of benzene rings is 1. The SMILES string of the molecule is O=C(Nn1cccn1)C1(c2ccccc2)OC2C(Cl)=C(Cl)C(Cl)=C(Cl)C2OC1=O. The molecule has 1 aliphatic carbocycles. The van der Waals surface area contributed by atoms with E-state index in [4.69, 9.17) is 55.9 Å². The molecule has 7 nitrogen and oxygen atoms in total. The summed E-state index contributed by atoms with van der Waals surface area (Å²) in [7, 11) is 0. The summed E-state index contributed by atoms with van der Waals surface area (Å²) in [4.78, 5) is 27.5. The Morgan fingerprint density at radius 2 is 1.69 bits per heavy atom. The number of hydrogen-bond donors (Lipinski definition) is 1. The summed E-state index contributed by atoms with van der Waals surface area (Å²) in [5, 5.41) is 3.72. The van der Waals surface area contributed by atoms with Crippen LogP contribution in [0.3, 0.4) is 0 Å². The summed E-state index contributed by atoms with van der Waals surface area (Å²) in [6.45, 7) is 0. The van der Waals surface area contributed by atoms with Crippen LogP contribution in [-0.2, 0) is 24.7 Å². The fraction of sp³-hybridized carbons (Fsp3) is 0.167. The molecule has 4 rings (SSSR count). The summed E-state index contributed by atoms with van der Waals surface area (Å²) in [6, 6.07) is 9.72. The lowest BCUT2D eigenvalue weighted by atomic mass is 9.89. The van der Waals surface area contributed by atoms with Crippen LogP contribution in [0.25, 0.3) is 0 Å². The molecule has 1 amide bonds. The molecule has 1 saturated heterocycles. The van der Waals surface area contributed by atoms with Gasteiger partial charge in [-0.2, -0.15) is 9.89 Å². The van der Waals surface area contributed by atoms with Crippen molar-refractivity contribution in [1.29, 1.82) is 0 Å². The van der Waals surface area contributed by atoms with Gasteiger partial charge in [-0.25, -0.2) is 10.2 Å². The molecule has 29 heavy (non-hydrogen) atoms. The van der Waals surface area contributed by atoms with Gasteiger partial charge in [0.2, 0.25) is 0 Å². The normalized spacial score (nSPS) is 26.8. The van der Waals surface area contributed by atoms with Crippen molar-refractivity contribution in [2.24, 2.45) is 0 Å². The van der Waals surface area contributed by atoms with Gasteiger partial charge in [0.05, 0.1) is 26.3 Å². The molecule has 1 N–H and O–H groups in total. The van der Waals surface area contributed by atoms with Gasteiger partial charge < -0.3 is 9.47 Å². The van der Waals surface area contributed by atoms with Crippen LogP contribution in [0.5, 0.6) is 0 Å². The first kappa shape index (κ1) is 20.3. The molecule has 1 aromatic carbocycles. The Bertz CT molecular complexity index is 1040. The zero-order chi connectivity index (χ0) is 20.8. The average Bonchev–Trinajstić information content (AvgIpc) is 3.24. The highest BCUT2D eigenvalue weighted by Crippen LogP contribution is 2.47. The lowest BCUT2D eigenvalue weighted by Gasteiger charge is -2.43. The molecule has 0 bridgehead atoms. The number of nitrogens with zero attached hydrogens (tertiary/aromatic N) is 2. The predicted molar refractivity (Wildman–Crippen MR) is 107 cm³/mol. The van der Waals surface area contributed by atoms with E-state index in [1.807, 2.05) is 0 Å². The Kier molecular flexibility index (Phi) is 5.35. The molecule has 2 heterocycles. The first-order chi connectivity index (χ1) is 13.9. The number of ether oxygens (including phenoxy) is 2. The Morgan fingerprint density at radius 1 is 1.03 bits per heavy atom. The highest BCUT2D eigenvalue weighted by molar-refractivity contribution is 6.51. The summed E-state index contributed by atoms with van der Waals surface area (Å²) >= 11 is 24.7. The van der Waals surface area contributed by atoms with Gasteiger partial charge in [0.15, 0.2) is 6.10 Å². The molecule has 150 valence electrons. The number of halogens is 4. The van der Waals surface area contributed by atoms with E-state index < -0.39 is 29.7 Å². The lowest BCUT2D eigenvalue weighted by molar-refractivity contribution is -0.215. The van der Waals surface area contributed by atoms with Gasteiger partial charge in [-0.1, -0.05) is 76.7 Å². The van der Waals surface area contributed by atoms with E-state index in [0.29, 0.717) is 0 Å². The minimum atomic E-state index is -2.19. The fourth-order valence-corrected chi connectivity index (χ4v) is 4.07. The van der Waals surface area contributed by atoms with Crippen LogP contribution in [0.1, 0.15) is 5.56 Å². The molecule has 3 unspecified atom stereocenters. The van der Waals surface area contributed by atoms with Crippen LogP contribution < -0.4 is 5.43 Å². The number of aromatic nitrogens is 2. The molecule has 0 spiro atoms. The maximum absolute atomic E-state index is 13.2. The van der Waals surface area contributed by atoms with Gasteiger partial charge >= 0.3 is 5.97 Å². The third kappa shape index (κ3) is 3.23. The molecule has 3 atom stereocenters. The van der Waals surface area contributed by atoms with Crippen LogP contribution in [0, 0.1) is 0 Å². The van der Waals surface area contributed by atoms with Crippen molar-refractivity contribution in [3.8, 4) is 0 Å². The number of rotatable bonds is 3. The average molecular weight is 475 g/mol. The molecule has 0 saturated carbocycles. The highest BCUT2D eigenvalue weighted by atomic mass is 35.5. The molecule has 2 aromatic rings. The second kappa shape index (κ2) is 7.66. The molecular weight excluding hydrogens is 464 g/mol. The topological polar surface area (TPSA) is 82.5 Å².